The van der Waals surface area contributed by atoms with Crippen LogP contribution in [0.15, 0.2) is 180 Å². The van der Waals surface area contributed by atoms with Crippen molar-refractivity contribution in [2.24, 2.45) is 0 Å². The van der Waals surface area contributed by atoms with E-state index in [0.717, 1.165) is 39.0 Å². The van der Waals surface area contributed by atoms with Gasteiger partial charge in [-0.3, -0.25) is 0 Å². The molecular weight excluding hydrogens is 631 g/mol. The minimum Gasteiger partial charge on any atom is -0.456 e. The fourth-order valence-electron chi connectivity index (χ4n) is 9.08. The Balaban J connectivity index is 1.29. The summed E-state index contributed by atoms with van der Waals surface area (Å²) in [6, 6.07) is 64.6. The molecule has 12 aromatic rings. The second-order valence-corrected chi connectivity index (χ2v) is 14.0. The Bertz CT molecular complexity index is 3420. The largest absolute Gasteiger partial charge is 0.456 e. The number of hydrogen-bond donors (Lipinski definition) is 0. The molecule has 2 nitrogen and oxygen atoms in total. The third-order valence-corrected chi connectivity index (χ3v) is 11.3. The molecule has 0 unspecified atom stereocenters. The zero-order valence-corrected chi connectivity index (χ0v) is 28.1. The van der Waals surface area contributed by atoms with Crippen molar-refractivity contribution in [3.8, 4) is 0 Å². The summed E-state index contributed by atoms with van der Waals surface area (Å²) in [6.45, 7) is 0. The molecule has 11 aromatic carbocycles. The maximum Gasteiger partial charge on any atom is 0.137 e. The van der Waals surface area contributed by atoms with Gasteiger partial charge in [0.1, 0.15) is 11.2 Å². The zero-order valence-electron chi connectivity index (χ0n) is 28.1. The lowest BCUT2D eigenvalue weighted by atomic mass is 9.87. The third-order valence-electron chi connectivity index (χ3n) is 11.3. The molecule has 0 fully saturated rings. The average Bonchev–Trinajstić information content (AvgIpc) is 3.59. The summed E-state index contributed by atoms with van der Waals surface area (Å²) in [5, 5.41) is 19.9. The number of fused-ring (bicyclic) bond motifs is 6. The van der Waals surface area contributed by atoms with E-state index in [-0.39, 0.29) is 0 Å². The lowest BCUT2D eigenvalue weighted by molar-refractivity contribution is 0.669. The highest BCUT2D eigenvalue weighted by atomic mass is 16.3. The molecule has 1 heterocycles. The van der Waals surface area contributed by atoms with Gasteiger partial charge in [0.25, 0.3) is 0 Å². The summed E-state index contributed by atoms with van der Waals surface area (Å²) >= 11 is 0. The zero-order chi connectivity index (χ0) is 33.9. The van der Waals surface area contributed by atoms with Crippen LogP contribution in [0.1, 0.15) is 0 Å². The van der Waals surface area contributed by atoms with E-state index in [1.54, 1.807) is 0 Å². The normalized spacial score (nSPS) is 12.2. The molecule has 240 valence electrons. The van der Waals surface area contributed by atoms with Crippen molar-refractivity contribution in [1.82, 2.24) is 0 Å². The first-order valence-corrected chi connectivity index (χ1v) is 17.9. The van der Waals surface area contributed by atoms with Crippen molar-refractivity contribution < 1.29 is 4.42 Å². The number of hydrogen-bond acceptors (Lipinski definition) is 2. The number of benzene rings is 10. The minimum absolute atomic E-state index is 0.878. The Morgan fingerprint density at radius 2 is 0.788 bits per heavy atom. The lowest BCUT2D eigenvalue weighted by Gasteiger charge is -2.28. The van der Waals surface area contributed by atoms with Gasteiger partial charge in [-0.1, -0.05) is 133 Å². The van der Waals surface area contributed by atoms with Crippen LogP contribution < -0.4 is 4.90 Å². The van der Waals surface area contributed by atoms with Crippen LogP contribution in [0, 0.1) is 0 Å². The van der Waals surface area contributed by atoms with E-state index in [4.69, 9.17) is 4.42 Å². The summed E-state index contributed by atoms with van der Waals surface area (Å²) in [6.07, 6.45) is 0. The summed E-state index contributed by atoms with van der Waals surface area (Å²) in [7, 11) is 0. The van der Waals surface area contributed by atoms with E-state index >= 15 is 0 Å². The standard InChI is InChI=1S/C50H29NO/c1-2-10-34-27-36(26-25-30(34)9-1)51(43-18-8-20-45-50(43)41-14-3-4-19-44(41)52-45)37-28-35-24-23-33-12-6-16-39-38-15-5-11-31-21-22-32-13-7-17-40(48(32)46(31)38)42(29-37)49(35)47(33)39/h1-29H. The van der Waals surface area contributed by atoms with Gasteiger partial charge in [-0.2, -0.15) is 0 Å². The van der Waals surface area contributed by atoms with E-state index in [0.29, 0.717) is 0 Å². The van der Waals surface area contributed by atoms with Crippen LogP contribution in [0.3, 0.4) is 0 Å². The van der Waals surface area contributed by atoms with Crippen molar-refractivity contribution in [1.29, 1.82) is 0 Å². The Morgan fingerprint density at radius 1 is 0.288 bits per heavy atom. The molecule has 0 saturated carbocycles. The molecule has 0 aliphatic carbocycles. The second-order valence-electron chi connectivity index (χ2n) is 14.0. The molecule has 12 rings (SSSR count). The number of furan rings is 1. The average molecular weight is 660 g/mol. The van der Waals surface area contributed by atoms with E-state index in [2.05, 4.69) is 175 Å². The number of rotatable bonds is 3. The Hall–Kier alpha value is -6.90. The van der Waals surface area contributed by atoms with Crippen LogP contribution in [-0.2, 0) is 0 Å². The van der Waals surface area contributed by atoms with E-state index in [1.165, 1.54) is 75.4 Å². The molecule has 2 heteroatoms. The Kier molecular flexibility index (Phi) is 5.53. The predicted octanol–water partition coefficient (Wildman–Crippen LogP) is 14.6. The summed E-state index contributed by atoms with van der Waals surface area (Å²) in [5.41, 5.74) is 5.06. The summed E-state index contributed by atoms with van der Waals surface area (Å²) < 4.78 is 6.46. The SMILES string of the molecule is c1ccc2cc(N(c3cc4ccc5cccc6c7cccc8ccc9cccc(c(c3)c4c56)c9c87)c3cccc4oc5ccccc5c34)ccc2c1. The van der Waals surface area contributed by atoms with E-state index in [9.17, 15) is 0 Å². The van der Waals surface area contributed by atoms with Crippen molar-refractivity contribution in [3.63, 3.8) is 0 Å². The molecule has 0 spiro atoms. The molecule has 0 radical (unpaired) electrons. The van der Waals surface area contributed by atoms with Crippen molar-refractivity contribution in [2.45, 2.75) is 0 Å². The van der Waals surface area contributed by atoms with Crippen LogP contribution in [0.5, 0.6) is 0 Å². The quantitative estimate of drug-likeness (QED) is 0.176. The van der Waals surface area contributed by atoms with Gasteiger partial charge in [-0.25, -0.2) is 0 Å². The fourth-order valence-corrected chi connectivity index (χ4v) is 9.08. The highest BCUT2D eigenvalue weighted by Gasteiger charge is 2.22. The summed E-state index contributed by atoms with van der Waals surface area (Å²) in [5.74, 6) is 0. The monoisotopic (exact) mass is 659 g/mol. The molecule has 1 aromatic heterocycles. The molecular formula is C50H29NO. The van der Waals surface area contributed by atoms with Crippen molar-refractivity contribution in [3.05, 3.63) is 176 Å². The molecule has 0 amide bonds. The molecule has 0 atom stereocenters. The molecule has 0 aliphatic rings. The number of anilines is 3. The van der Waals surface area contributed by atoms with Gasteiger partial charge >= 0.3 is 0 Å². The highest BCUT2D eigenvalue weighted by Crippen LogP contribution is 2.48. The number of para-hydroxylation sites is 1. The van der Waals surface area contributed by atoms with E-state index in [1.807, 2.05) is 6.07 Å². The smallest absolute Gasteiger partial charge is 0.137 e. The van der Waals surface area contributed by atoms with Crippen molar-refractivity contribution >= 4 is 114 Å². The minimum atomic E-state index is 0.878. The Morgan fingerprint density at radius 3 is 1.52 bits per heavy atom. The van der Waals surface area contributed by atoms with Crippen LogP contribution in [0.2, 0.25) is 0 Å². The van der Waals surface area contributed by atoms with Crippen molar-refractivity contribution in [2.75, 3.05) is 4.90 Å². The fraction of sp³-hybridized carbons (Fsp3) is 0. The van der Waals surface area contributed by atoms with Gasteiger partial charge in [0.05, 0.1) is 11.1 Å². The van der Waals surface area contributed by atoms with Crippen LogP contribution in [0.25, 0.3) is 97.3 Å². The highest BCUT2D eigenvalue weighted by molar-refractivity contribution is 6.37. The first-order valence-electron chi connectivity index (χ1n) is 17.9. The van der Waals surface area contributed by atoms with Gasteiger partial charge in [0, 0.05) is 16.8 Å². The van der Waals surface area contributed by atoms with Gasteiger partial charge in [0.15, 0.2) is 0 Å². The maximum absolute atomic E-state index is 6.46. The molecule has 52 heavy (non-hydrogen) atoms. The lowest BCUT2D eigenvalue weighted by Crippen LogP contribution is -2.10. The second kappa shape index (κ2) is 10.3. The molecule has 0 bridgehead atoms. The van der Waals surface area contributed by atoms with Gasteiger partial charge in [-0.05, 0) is 118 Å². The maximum atomic E-state index is 6.46. The first-order chi connectivity index (χ1) is 25.8. The first kappa shape index (κ1) is 27.9. The van der Waals surface area contributed by atoms with Gasteiger partial charge < -0.3 is 9.32 Å². The van der Waals surface area contributed by atoms with E-state index < -0.39 is 0 Å². The molecule has 0 N–H and O–H groups in total. The molecule has 0 aliphatic heterocycles. The third kappa shape index (κ3) is 3.78. The summed E-state index contributed by atoms with van der Waals surface area (Å²) in [4.78, 5) is 2.44. The van der Waals surface area contributed by atoms with Gasteiger partial charge in [-0.15, -0.1) is 0 Å². The van der Waals surface area contributed by atoms with Gasteiger partial charge in [0.2, 0.25) is 0 Å². The van der Waals surface area contributed by atoms with Crippen LogP contribution >= 0.6 is 0 Å². The van der Waals surface area contributed by atoms with Crippen LogP contribution in [-0.4, -0.2) is 0 Å². The van der Waals surface area contributed by atoms with Crippen LogP contribution in [0.4, 0.5) is 17.1 Å². The topological polar surface area (TPSA) is 16.4 Å². The predicted molar refractivity (Wildman–Crippen MR) is 222 cm³/mol. The molecule has 0 saturated heterocycles. The Labute approximate surface area is 298 Å². The number of nitrogens with zero attached hydrogens (tertiary/aromatic N) is 1.